The molecular formula is C22H20ClN3O2. The summed E-state index contributed by atoms with van der Waals surface area (Å²) >= 11 is 6.09. The van der Waals surface area contributed by atoms with Crippen molar-refractivity contribution in [3.63, 3.8) is 0 Å². The summed E-state index contributed by atoms with van der Waals surface area (Å²) < 4.78 is 0. The van der Waals surface area contributed by atoms with E-state index in [2.05, 4.69) is 4.98 Å². The fraction of sp³-hybridized carbons (Fsp3) is 0.273. The van der Waals surface area contributed by atoms with E-state index in [-0.39, 0.29) is 23.9 Å². The van der Waals surface area contributed by atoms with Crippen molar-refractivity contribution < 1.29 is 9.59 Å². The molecule has 2 saturated heterocycles. The molecule has 142 valence electrons. The molecule has 6 heteroatoms. The second kappa shape index (κ2) is 6.38. The predicted molar refractivity (Wildman–Crippen MR) is 110 cm³/mol. The molecule has 2 aliphatic rings. The first-order valence-corrected chi connectivity index (χ1v) is 9.85. The van der Waals surface area contributed by atoms with Crippen LogP contribution in [0.25, 0.3) is 10.9 Å². The molecule has 0 spiro atoms. The van der Waals surface area contributed by atoms with E-state index in [4.69, 9.17) is 11.6 Å². The first-order chi connectivity index (χ1) is 13.5. The summed E-state index contributed by atoms with van der Waals surface area (Å²) in [5.41, 5.74) is 3.87. The second-order valence-corrected chi connectivity index (χ2v) is 8.03. The van der Waals surface area contributed by atoms with Gasteiger partial charge in [0.1, 0.15) is 6.04 Å². The molecule has 0 unspecified atom stereocenters. The van der Waals surface area contributed by atoms with Crippen LogP contribution in [0.2, 0.25) is 5.02 Å². The van der Waals surface area contributed by atoms with E-state index >= 15 is 0 Å². The van der Waals surface area contributed by atoms with Crippen molar-refractivity contribution in [2.75, 3.05) is 11.4 Å². The van der Waals surface area contributed by atoms with Gasteiger partial charge in [0.25, 0.3) is 0 Å². The fourth-order valence-electron chi connectivity index (χ4n) is 4.63. The molecule has 1 aromatic heterocycles. The fourth-order valence-corrected chi connectivity index (χ4v) is 4.81. The summed E-state index contributed by atoms with van der Waals surface area (Å²) in [6, 6.07) is 15.0. The maximum atomic E-state index is 13.1. The number of H-pyrrole nitrogens is 1. The lowest BCUT2D eigenvalue weighted by molar-refractivity contribution is -0.137. The summed E-state index contributed by atoms with van der Waals surface area (Å²) in [6.07, 6.45) is 0.994. The topological polar surface area (TPSA) is 56.4 Å². The summed E-state index contributed by atoms with van der Waals surface area (Å²) in [5, 5.41) is 1.68. The molecular weight excluding hydrogens is 374 g/mol. The minimum Gasteiger partial charge on any atom is -0.358 e. The lowest BCUT2D eigenvalue weighted by Crippen LogP contribution is -2.52. The predicted octanol–water partition coefficient (Wildman–Crippen LogP) is 3.69. The third-order valence-electron chi connectivity index (χ3n) is 5.93. The zero-order valence-electron chi connectivity index (χ0n) is 15.5. The number of rotatable bonds is 3. The largest absolute Gasteiger partial charge is 0.358 e. The Morgan fingerprint density at radius 2 is 2.04 bits per heavy atom. The van der Waals surface area contributed by atoms with Crippen LogP contribution in [0.3, 0.4) is 0 Å². The molecule has 2 atom stereocenters. The number of piperazine rings is 1. The van der Waals surface area contributed by atoms with Crippen molar-refractivity contribution >= 4 is 40.0 Å². The molecule has 2 aliphatic heterocycles. The molecule has 3 heterocycles. The Morgan fingerprint density at radius 1 is 1.21 bits per heavy atom. The van der Waals surface area contributed by atoms with Crippen LogP contribution in [0.5, 0.6) is 0 Å². The minimum atomic E-state index is -0.373. The number of carbonyl (C=O) groups is 2. The Labute approximate surface area is 167 Å². The van der Waals surface area contributed by atoms with E-state index in [1.165, 1.54) is 0 Å². The SMILES string of the molecule is Cc1[nH]c2ccccc2c1CC(=O)N1C[C@@H]2C[C@H]1C(=O)N2c1cccc(Cl)c1. The standard InChI is InChI=1S/C22H20ClN3O2/c1-13-18(17-7-2-3-8-19(17)24-13)11-21(27)25-12-16-10-20(25)22(28)26(16)15-6-4-5-14(23)9-15/h2-9,16,20,24H,10-12H2,1H3/t16-,20-/m0/s1. The highest BCUT2D eigenvalue weighted by Gasteiger charge is 2.51. The average molecular weight is 394 g/mol. The van der Waals surface area contributed by atoms with Gasteiger partial charge in [0.15, 0.2) is 0 Å². The molecule has 2 fully saturated rings. The Kier molecular flexibility index (Phi) is 3.95. The van der Waals surface area contributed by atoms with Gasteiger partial charge in [0.2, 0.25) is 11.8 Å². The molecule has 5 rings (SSSR count). The van der Waals surface area contributed by atoms with Crippen LogP contribution < -0.4 is 4.90 Å². The number of aromatic amines is 1. The first kappa shape index (κ1) is 17.3. The van der Waals surface area contributed by atoms with Crippen molar-refractivity contribution in [1.29, 1.82) is 0 Å². The van der Waals surface area contributed by atoms with Crippen LogP contribution >= 0.6 is 11.6 Å². The number of hydrogen-bond donors (Lipinski definition) is 1. The van der Waals surface area contributed by atoms with Gasteiger partial charge < -0.3 is 14.8 Å². The molecule has 2 aromatic carbocycles. The number of aromatic nitrogens is 1. The Bertz CT molecular complexity index is 1110. The first-order valence-electron chi connectivity index (χ1n) is 9.47. The maximum absolute atomic E-state index is 13.1. The van der Waals surface area contributed by atoms with Crippen LogP contribution in [-0.4, -0.2) is 40.3 Å². The molecule has 5 nitrogen and oxygen atoms in total. The second-order valence-electron chi connectivity index (χ2n) is 7.59. The number of fused-ring (bicyclic) bond motifs is 3. The lowest BCUT2D eigenvalue weighted by atomic mass is 10.1. The average Bonchev–Trinajstić information content (AvgIpc) is 3.33. The third-order valence-corrected chi connectivity index (χ3v) is 6.16. The molecule has 2 amide bonds. The third kappa shape index (κ3) is 2.61. The van der Waals surface area contributed by atoms with Crippen molar-refractivity contribution in [3.05, 3.63) is 64.8 Å². The van der Waals surface area contributed by atoms with Crippen molar-refractivity contribution in [2.45, 2.75) is 31.8 Å². The van der Waals surface area contributed by atoms with Crippen LogP contribution in [0.15, 0.2) is 48.5 Å². The van der Waals surface area contributed by atoms with E-state index < -0.39 is 0 Å². The Hall–Kier alpha value is -2.79. The molecule has 0 aliphatic carbocycles. The van der Waals surface area contributed by atoms with Crippen molar-refractivity contribution in [1.82, 2.24) is 9.88 Å². The summed E-state index contributed by atoms with van der Waals surface area (Å²) in [5.74, 6) is 0.00182. The van der Waals surface area contributed by atoms with Crippen LogP contribution in [0, 0.1) is 6.92 Å². The van der Waals surface area contributed by atoms with Gasteiger partial charge >= 0.3 is 0 Å². The van der Waals surface area contributed by atoms with Gasteiger partial charge in [-0.25, -0.2) is 0 Å². The van der Waals surface area contributed by atoms with E-state index in [9.17, 15) is 9.59 Å². The van der Waals surface area contributed by atoms with E-state index in [1.54, 1.807) is 15.9 Å². The van der Waals surface area contributed by atoms with Gasteiger partial charge in [-0.1, -0.05) is 35.9 Å². The van der Waals surface area contributed by atoms with Gasteiger partial charge in [-0.05, 0) is 43.2 Å². The molecule has 0 radical (unpaired) electrons. The minimum absolute atomic E-state index is 0.0116. The zero-order chi connectivity index (χ0) is 19.4. The lowest BCUT2D eigenvalue weighted by Gasteiger charge is -2.34. The maximum Gasteiger partial charge on any atom is 0.250 e. The number of hydrogen-bond acceptors (Lipinski definition) is 2. The van der Waals surface area contributed by atoms with Crippen LogP contribution in [-0.2, 0) is 16.0 Å². The number of anilines is 1. The number of amides is 2. The molecule has 2 bridgehead atoms. The Morgan fingerprint density at radius 3 is 2.82 bits per heavy atom. The number of benzene rings is 2. The zero-order valence-corrected chi connectivity index (χ0v) is 16.2. The van der Waals surface area contributed by atoms with Gasteiger partial charge in [-0.3, -0.25) is 9.59 Å². The van der Waals surface area contributed by atoms with Crippen LogP contribution in [0.4, 0.5) is 5.69 Å². The number of aryl methyl sites for hydroxylation is 1. The van der Waals surface area contributed by atoms with Gasteiger partial charge in [-0.15, -0.1) is 0 Å². The highest BCUT2D eigenvalue weighted by molar-refractivity contribution is 6.31. The molecule has 0 saturated carbocycles. The highest BCUT2D eigenvalue weighted by atomic mass is 35.5. The summed E-state index contributed by atoms with van der Waals surface area (Å²) in [4.78, 5) is 32.9. The monoisotopic (exact) mass is 393 g/mol. The van der Waals surface area contributed by atoms with Crippen LogP contribution in [0.1, 0.15) is 17.7 Å². The van der Waals surface area contributed by atoms with Gasteiger partial charge in [-0.2, -0.15) is 0 Å². The van der Waals surface area contributed by atoms with E-state index in [0.717, 1.165) is 27.8 Å². The summed E-state index contributed by atoms with van der Waals surface area (Å²) in [7, 11) is 0. The number of para-hydroxylation sites is 1. The number of nitrogens with zero attached hydrogens (tertiary/aromatic N) is 2. The smallest absolute Gasteiger partial charge is 0.250 e. The highest BCUT2D eigenvalue weighted by Crippen LogP contribution is 2.37. The van der Waals surface area contributed by atoms with Crippen molar-refractivity contribution in [3.8, 4) is 0 Å². The van der Waals surface area contributed by atoms with Gasteiger partial charge in [0.05, 0.1) is 12.5 Å². The number of likely N-dealkylation sites (tertiary alicyclic amines) is 1. The molecule has 28 heavy (non-hydrogen) atoms. The Balaban J connectivity index is 1.37. The number of nitrogens with one attached hydrogen (secondary N) is 1. The molecule has 1 N–H and O–H groups in total. The normalized spacial score (nSPS) is 21.1. The van der Waals surface area contributed by atoms with E-state index in [0.29, 0.717) is 24.4 Å². The quantitative estimate of drug-likeness (QED) is 0.737. The molecule has 3 aromatic rings. The van der Waals surface area contributed by atoms with Crippen molar-refractivity contribution in [2.24, 2.45) is 0 Å². The van der Waals surface area contributed by atoms with E-state index in [1.807, 2.05) is 49.4 Å². The van der Waals surface area contributed by atoms with Gasteiger partial charge in [0, 0.05) is 33.9 Å². The summed E-state index contributed by atoms with van der Waals surface area (Å²) in [6.45, 7) is 2.56. The number of carbonyl (C=O) groups excluding carboxylic acids is 2. The number of halogens is 1.